The molecule has 0 atom stereocenters. The van der Waals surface area contributed by atoms with Crippen LogP contribution in [-0.2, 0) is 4.74 Å². The lowest BCUT2D eigenvalue weighted by Crippen LogP contribution is -2.45. The highest BCUT2D eigenvalue weighted by Gasteiger charge is 2.38. The molecule has 0 bridgehead atoms. The molecule has 2 N–H and O–H groups in total. The Hall–Kier alpha value is -0.290. The molecule has 0 radical (unpaired) electrons. The molecule has 102 valence electrons. The molecule has 1 fully saturated rings. The van der Waals surface area contributed by atoms with Gasteiger partial charge >= 0.3 is 6.18 Å². The molecule has 0 unspecified atom stereocenters. The van der Waals surface area contributed by atoms with E-state index in [2.05, 4.69) is 6.92 Å². The first-order chi connectivity index (χ1) is 7.91. The summed E-state index contributed by atoms with van der Waals surface area (Å²) in [7, 11) is 0. The molecule has 1 aliphatic carbocycles. The molecule has 0 aromatic heterocycles. The van der Waals surface area contributed by atoms with Crippen LogP contribution in [0.15, 0.2) is 0 Å². The van der Waals surface area contributed by atoms with Gasteiger partial charge in [0.05, 0.1) is 5.60 Å². The zero-order valence-electron chi connectivity index (χ0n) is 10.4. The second kappa shape index (κ2) is 6.05. The maximum absolute atomic E-state index is 12.1. The third-order valence-corrected chi connectivity index (χ3v) is 3.63. The Morgan fingerprint density at radius 3 is 2.29 bits per heavy atom. The molecule has 2 nitrogen and oxygen atoms in total. The quantitative estimate of drug-likeness (QED) is 0.816. The van der Waals surface area contributed by atoms with E-state index in [0.717, 1.165) is 25.7 Å². The van der Waals surface area contributed by atoms with Crippen LogP contribution >= 0.6 is 0 Å². The number of hydrogen-bond donors (Lipinski definition) is 1. The van der Waals surface area contributed by atoms with Crippen molar-refractivity contribution in [3.63, 3.8) is 0 Å². The van der Waals surface area contributed by atoms with Crippen LogP contribution in [-0.4, -0.2) is 24.9 Å². The Morgan fingerprint density at radius 1 is 1.29 bits per heavy atom. The number of alkyl halides is 3. The Balaban J connectivity index is 2.43. The molecule has 0 aromatic carbocycles. The van der Waals surface area contributed by atoms with Gasteiger partial charge in [-0.3, -0.25) is 0 Å². The fourth-order valence-electron chi connectivity index (χ4n) is 2.54. The fourth-order valence-corrected chi connectivity index (χ4v) is 2.54. The second-order valence-corrected chi connectivity index (χ2v) is 5.02. The van der Waals surface area contributed by atoms with Gasteiger partial charge < -0.3 is 10.5 Å². The lowest BCUT2D eigenvalue weighted by Gasteiger charge is -2.39. The van der Waals surface area contributed by atoms with Gasteiger partial charge in [-0.25, -0.2) is 0 Å². The number of ether oxygens (including phenoxy) is 1. The van der Waals surface area contributed by atoms with E-state index in [1.165, 1.54) is 0 Å². The van der Waals surface area contributed by atoms with Crippen molar-refractivity contribution in [1.29, 1.82) is 0 Å². The van der Waals surface area contributed by atoms with Crippen molar-refractivity contribution in [2.24, 2.45) is 11.7 Å². The maximum atomic E-state index is 12.1. The Kier molecular flexibility index (Phi) is 5.25. The molecule has 1 aliphatic rings. The molecule has 0 amide bonds. The van der Waals surface area contributed by atoms with Crippen molar-refractivity contribution in [3.8, 4) is 0 Å². The topological polar surface area (TPSA) is 35.2 Å². The van der Waals surface area contributed by atoms with Gasteiger partial charge in [0.15, 0.2) is 0 Å². The summed E-state index contributed by atoms with van der Waals surface area (Å²) in [4.78, 5) is 0. The normalized spacial score (nSPS) is 30.5. The smallest absolute Gasteiger partial charge is 0.364 e. The van der Waals surface area contributed by atoms with Crippen LogP contribution in [0.25, 0.3) is 0 Å². The van der Waals surface area contributed by atoms with E-state index in [4.69, 9.17) is 10.5 Å². The van der Waals surface area contributed by atoms with Crippen molar-refractivity contribution >= 4 is 0 Å². The first kappa shape index (κ1) is 14.8. The minimum atomic E-state index is -4.26. The van der Waals surface area contributed by atoms with Gasteiger partial charge in [0.2, 0.25) is 0 Å². The molecule has 0 aliphatic heterocycles. The summed E-state index contributed by atoms with van der Waals surface area (Å²) < 4.78 is 41.5. The minimum absolute atomic E-state index is 0.182. The van der Waals surface area contributed by atoms with Crippen molar-refractivity contribution in [1.82, 2.24) is 0 Å². The van der Waals surface area contributed by atoms with Crippen molar-refractivity contribution in [2.45, 2.75) is 57.2 Å². The third kappa shape index (κ3) is 4.84. The summed E-state index contributed by atoms with van der Waals surface area (Å²) >= 11 is 0. The van der Waals surface area contributed by atoms with Crippen molar-refractivity contribution < 1.29 is 17.9 Å². The van der Waals surface area contributed by atoms with Gasteiger partial charge in [-0.05, 0) is 31.6 Å². The molecule has 5 heteroatoms. The van der Waals surface area contributed by atoms with E-state index in [9.17, 15) is 13.2 Å². The SMILES string of the molecule is CCCC1CCC(CN)(OCC(F)(F)F)CC1. The average molecular weight is 253 g/mol. The van der Waals surface area contributed by atoms with Crippen LogP contribution in [0.4, 0.5) is 13.2 Å². The zero-order valence-corrected chi connectivity index (χ0v) is 10.4. The van der Waals surface area contributed by atoms with Crippen molar-refractivity contribution in [2.75, 3.05) is 13.2 Å². The Morgan fingerprint density at radius 2 is 1.88 bits per heavy atom. The summed E-state index contributed by atoms with van der Waals surface area (Å²) in [6, 6.07) is 0. The molecule has 0 heterocycles. The van der Waals surface area contributed by atoms with Crippen LogP contribution in [0.1, 0.15) is 45.4 Å². The van der Waals surface area contributed by atoms with E-state index in [0.29, 0.717) is 18.8 Å². The summed E-state index contributed by atoms with van der Waals surface area (Å²) in [6.45, 7) is 1.13. The molecule has 1 saturated carbocycles. The molecule has 0 spiro atoms. The van der Waals surface area contributed by atoms with E-state index in [1.807, 2.05) is 0 Å². The third-order valence-electron chi connectivity index (χ3n) is 3.63. The van der Waals surface area contributed by atoms with Crippen molar-refractivity contribution in [3.05, 3.63) is 0 Å². The first-order valence-corrected chi connectivity index (χ1v) is 6.31. The van der Waals surface area contributed by atoms with E-state index in [-0.39, 0.29) is 6.54 Å². The Labute approximate surface area is 101 Å². The van der Waals surface area contributed by atoms with E-state index in [1.54, 1.807) is 0 Å². The van der Waals surface area contributed by atoms with Gasteiger partial charge in [0.1, 0.15) is 6.61 Å². The molecular formula is C12H22F3NO. The fraction of sp³-hybridized carbons (Fsp3) is 1.00. The molecule has 0 aromatic rings. The highest BCUT2D eigenvalue weighted by atomic mass is 19.4. The van der Waals surface area contributed by atoms with E-state index < -0.39 is 18.4 Å². The molecule has 17 heavy (non-hydrogen) atoms. The standard InChI is InChI=1S/C12H22F3NO/c1-2-3-10-4-6-11(8-16,7-5-10)17-9-12(13,14)15/h10H,2-9,16H2,1H3. The van der Waals surface area contributed by atoms with Crippen LogP contribution in [0.3, 0.4) is 0 Å². The number of hydrogen-bond acceptors (Lipinski definition) is 2. The summed E-state index contributed by atoms with van der Waals surface area (Å²) in [6.07, 6.45) is 1.20. The van der Waals surface area contributed by atoms with Gasteiger partial charge in [-0.15, -0.1) is 0 Å². The van der Waals surface area contributed by atoms with Gasteiger partial charge in [0, 0.05) is 6.54 Å². The van der Waals surface area contributed by atoms with E-state index >= 15 is 0 Å². The molecule has 0 saturated heterocycles. The Bertz CT molecular complexity index is 222. The first-order valence-electron chi connectivity index (χ1n) is 6.31. The predicted molar refractivity (Wildman–Crippen MR) is 60.7 cm³/mol. The van der Waals surface area contributed by atoms with Crippen LogP contribution in [0.5, 0.6) is 0 Å². The van der Waals surface area contributed by atoms with Gasteiger partial charge in [0.25, 0.3) is 0 Å². The number of halogens is 3. The summed E-state index contributed by atoms with van der Waals surface area (Å²) in [5.74, 6) is 0.633. The minimum Gasteiger partial charge on any atom is -0.364 e. The van der Waals surface area contributed by atoms with Crippen LogP contribution in [0, 0.1) is 5.92 Å². The highest BCUT2D eigenvalue weighted by molar-refractivity contribution is 4.88. The zero-order chi connectivity index (χ0) is 12.9. The lowest BCUT2D eigenvalue weighted by atomic mass is 9.77. The van der Waals surface area contributed by atoms with Gasteiger partial charge in [-0.1, -0.05) is 19.8 Å². The largest absolute Gasteiger partial charge is 0.411 e. The molecule has 1 rings (SSSR count). The van der Waals surface area contributed by atoms with Gasteiger partial charge in [-0.2, -0.15) is 13.2 Å². The van der Waals surface area contributed by atoms with Crippen LogP contribution in [0.2, 0.25) is 0 Å². The maximum Gasteiger partial charge on any atom is 0.411 e. The highest BCUT2D eigenvalue weighted by Crippen LogP contribution is 2.37. The summed E-state index contributed by atoms with van der Waals surface area (Å²) in [5, 5.41) is 0. The second-order valence-electron chi connectivity index (χ2n) is 5.02. The number of nitrogens with two attached hydrogens (primary N) is 1. The van der Waals surface area contributed by atoms with Crippen LogP contribution < -0.4 is 5.73 Å². The summed E-state index contributed by atoms with van der Waals surface area (Å²) in [5.41, 5.74) is 4.86. The lowest BCUT2D eigenvalue weighted by molar-refractivity contribution is -0.210. The predicted octanol–water partition coefficient (Wildman–Crippen LogP) is 3.25. The number of rotatable bonds is 5. The molecular weight excluding hydrogens is 231 g/mol. The monoisotopic (exact) mass is 253 g/mol. The average Bonchev–Trinajstić information content (AvgIpc) is 2.28.